The minimum atomic E-state index is -4.09. The molecule has 0 heterocycles. The quantitative estimate of drug-likeness (QED) is 0.787. The number of rotatable bonds is 7. The van der Waals surface area contributed by atoms with Crippen LogP contribution >= 0.6 is 0 Å². The minimum Gasteiger partial charge on any atom is -0.225 e. The molecule has 6 nitrogen and oxygen atoms in total. The lowest BCUT2D eigenvalue weighted by atomic mass is 10.1. The van der Waals surface area contributed by atoms with Crippen LogP contribution in [-0.2, 0) is 20.0 Å². The Bertz CT molecular complexity index is 654. The van der Waals surface area contributed by atoms with E-state index in [0.29, 0.717) is 12.8 Å². The van der Waals surface area contributed by atoms with Crippen molar-refractivity contribution in [2.24, 2.45) is 5.14 Å². The second-order valence-electron chi connectivity index (χ2n) is 4.51. The second kappa shape index (κ2) is 6.66. The molecule has 0 aromatic heterocycles. The Kier molecular flexibility index (Phi) is 5.69. The molecule has 0 saturated heterocycles. The fourth-order valence-corrected chi connectivity index (χ4v) is 4.62. The standard InChI is InChI=1S/C12H20N2O4S2/c1-3-7-10(4-2)14-20(17,18)12-9-6-5-8-11(12)19(13,15)16/h5-6,8-10,14H,3-4,7H2,1-2H3,(H2,13,15,16). The minimum absolute atomic E-state index is 0.224. The Morgan fingerprint density at radius 2 is 1.65 bits per heavy atom. The molecule has 0 bridgehead atoms. The van der Waals surface area contributed by atoms with E-state index in [4.69, 9.17) is 5.14 Å². The molecule has 114 valence electrons. The van der Waals surface area contributed by atoms with Gasteiger partial charge in [-0.3, -0.25) is 0 Å². The average molecular weight is 320 g/mol. The van der Waals surface area contributed by atoms with Gasteiger partial charge in [0.1, 0.15) is 9.79 Å². The molecule has 1 atom stereocenters. The van der Waals surface area contributed by atoms with Gasteiger partial charge in [-0.2, -0.15) is 0 Å². The number of benzene rings is 1. The lowest BCUT2D eigenvalue weighted by Gasteiger charge is -2.17. The van der Waals surface area contributed by atoms with Crippen molar-refractivity contribution in [3.8, 4) is 0 Å². The summed E-state index contributed by atoms with van der Waals surface area (Å²) >= 11 is 0. The summed E-state index contributed by atoms with van der Waals surface area (Å²) in [7, 11) is -8.01. The number of hydrogen-bond donors (Lipinski definition) is 2. The van der Waals surface area contributed by atoms with Crippen LogP contribution in [0, 0.1) is 0 Å². The number of sulfonamides is 2. The van der Waals surface area contributed by atoms with E-state index in [2.05, 4.69) is 4.72 Å². The lowest BCUT2D eigenvalue weighted by molar-refractivity contribution is 0.510. The number of nitrogens with two attached hydrogens (primary N) is 1. The zero-order chi connectivity index (χ0) is 15.4. The van der Waals surface area contributed by atoms with Gasteiger partial charge in [0.05, 0.1) is 0 Å². The van der Waals surface area contributed by atoms with Crippen molar-refractivity contribution in [1.82, 2.24) is 4.72 Å². The molecule has 20 heavy (non-hydrogen) atoms. The average Bonchev–Trinajstić information content (AvgIpc) is 2.37. The molecule has 0 radical (unpaired) electrons. The van der Waals surface area contributed by atoms with E-state index in [1.54, 1.807) is 0 Å². The van der Waals surface area contributed by atoms with Crippen molar-refractivity contribution in [1.29, 1.82) is 0 Å². The van der Waals surface area contributed by atoms with E-state index in [1.165, 1.54) is 24.3 Å². The molecule has 1 aromatic carbocycles. The summed E-state index contributed by atoms with van der Waals surface area (Å²) in [6.45, 7) is 3.82. The van der Waals surface area contributed by atoms with Crippen LogP contribution in [0.5, 0.6) is 0 Å². The molecular weight excluding hydrogens is 300 g/mol. The maximum atomic E-state index is 12.3. The zero-order valence-corrected chi connectivity index (χ0v) is 13.2. The molecule has 1 rings (SSSR count). The van der Waals surface area contributed by atoms with Gasteiger partial charge in [0.15, 0.2) is 0 Å². The monoisotopic (exact) mass is 320 g/mol. The predicted molar refractivity (Wildman–Crippen MR) is 77.1 cm³/mol. The normalized spacial score (nSPS) is 14.2. The van der Waals surface area contributed by atoms with Crippen LogP contribution in [0.4, 0.5) is 0 Å². The highest BCUT2D eigenvalue weighted by Crippen LogP contribution is 2.20. The fraction of sp³-hybridized carbons (Fsp3) is 0.500. The summed E-state index contributed by atoms with van der Waals surface area (Å²) in [5, 5.41) is 5.06. The van der Waals surface area contributed by atoms with Crippen LogP contribution in [0.15, 0.2) is 34.1 Å². The third-order valence-corrected chi connectivity index (χ3v) is 5.57. The molecule has 8 heteroatoms. The zero-order valence-electron chi connectivity index (χ0n) is 11.5. The molecule has 0 aliphatic carbocycles. The highest BCUT2D eigenvalue weighted by molar-refractivity contribution is 7.92. The summed E-state index contributed by atoms with van der Waals surface area (Å²) in [5.41, 5.74) is 0. The smallest absolute Gasteiger partial charge is 0.225 e. The Hall–Kier alpha value is -0.960. The van der Waals surface area contributed by atoms with E-state index in [0.717, 1.165) is 6.42 Å². The van der Waals surface area contributed by atoms with Crippen LogP contribution < -0.4 is 9.86 Å². The van der Waals surface area contributed by atoms with Crippen molar-refractivity contribution >= 4 is 20.0 Å². The summed E-state index contributed by atoms with van der Waals surface area (Å²) < 4.78 is 50.1. The first-order valence-electron chi connectivity index (χ1n) is 6.36. The molecule has 0 amide bonds. The van der Waals surface area contributed by atoms with E-state index in [9.17, 15) is 16.8 Å². The molecule has 0 aliphatic rings. The summed E-state index contributed by atoms with van der Waals surface area (Å²) in [6.07, 6.45) is 2.15. The van der Waals surface area contributed by atoms with Gasteiger partial charge in [-0.1, -0.05) is 32.4 Å². The third-order valence-electron chi connectivity index (χ3n) is 2.90. The Morgan fingerprint density at radius 1 is 1.10 bits per heavy atom. The van der Waals surface area contributed by atoms with Gasteiger partial charge in [0, 0.05) is 6.04 Å². The summed E-state index contributed by atoms with van der Waals surface area (Å²) in [4.78, 5) is -0.698. The summed E-state index contributed by atoms with van der Waals surface area (Å²) in [5.74, 6) is 0. The van der Waals surface area contributed by atoms with E-state index in [1.807, 2.05) is 13.8 Å². The van der Waals surface area contributed by atoms with E-state index >= 15 is 0 Å². The topological polar surface area (TPSA) is 106 Å². The van der Waals surface area contributed by atoms with Crippen molar-refractivity contribution in [2.75, 3.05) is 0 Å². The molecule has 3 N–H and O–H groups in total. The highest BCUT2D eigenvalue weighted by Gasteiger charge is 2.25. The maximum absolute atomic E-state index is 12.3. The fourth-order valence-electron chi connectivity index (χ4n) is 1.88. The van der Waals surface area contributed by atoms with Gasteiger partial charge in [-0.15, -0.1) is 0 Å². The number of hydrogen-bond acceptors (Lipinski definition) is 4. The Labute approximate surface area is 120 Å². The van der Waals surface area contributed by atoms with Crippen molar-refractivity contribution in [3.63, 3.8) is 0 Å². The Morgan fingerprint density at radius 3 is 2.10 bits per heavy atom. The lowest BCUT2D eigenvalue weighted by Crippen LogP contribution is -2.35. The van der Waals surface area contributed by atoms with Crippen LogP contribution in [0.1, 0.15) is 33.1 Å². The van der Waals surface area contributed by atoms with E-state index < -0.39 is 20.0 Å². The molecule has 0 spiro atoms. The SMILES string of the molecule is CCCC(CC)NS(=O)(=O)c1ccccc1S(N)(=O)=O. The molecule has 1 unspecified atom stereocenters. The molecule has 0 fully saturated rings. The van der Waals surface area contributed by atoms with Gasteiger partial charge >= 0.3 is 0 Å². The van der Waals surface area contributed by atoms with Crippen LogP contribution in [0.3, 0.4) is 0 Å². The van der Waals surface area contributed by atoms with Crippen molar-refractivity contribution in [2.45, 2.75) is 48.9 Å². The summed E-state index contributed by atoms with van der Waals surface area (Å²) in [6, 6.07) is 5.09. The van der Waals surface area contributed by atoms with Crippen LogP contribution in [0.2, 0.25) is 0 Å². The van der Waals surface area contributed by atoms with Gasteiger partial charge in [-0.05, 0) is 25.0 Å². The molecule has 0 aliphatic heterocycles. The van der Waals surface area contributed by atoms with Crippen molar-refractivity contribution < 1.29 is 16.8 Å². The van der Waals surface area contributed by atoms with E-state index in [-0.39, 0.29) is 15.8 Å². The first-order chi connectivity index (χ1) is 9.22. The maximum Gasteiger partial charge on any atom is 0.242 e. The van der Waals surface area contributed by atoms with Crippen molar-refractivity contribution in [3.05, 3.63) is 24.3 Å². The first-order valence-corrected chi connectivity index (χ1v) is 9.39. The number of nitrogens with one attached hydrogen (secondary N) is 1. The van der Waals surface area contributed by atoms with Crippen LogP contribution in [-0.4, -0.2) is 22.9 Å². The first kappa shape index (κ1) is 17.1. The third kappa shape index (κ3) is 4.27. The van der Waals surface area contributed by atoms with Gasteiger partial charge in [0.2, 0.25) is 20.0 Å². The molecule has 0 saturated carbocycles. The van der Waals surface area contributed by atoms with Gasteiger partial charge in [-0.25, -0.2) is 26.7 Å². The largest absolute Gasteiger partial charge is 0.242 e. The second-order valence-corrected chi connectivity index (χ2v) is 7.72. The predicted octanol–water partition coefficient (Wildman–Crippen LogP) is 1.19. The van der Waals surface area contributed by atoms with Gasteiger partial charge < -0.3 is 0 Å². The molecular formula is C12H20N2O4S2. The number of primary sulfonamides is 1. The van der Waals surface area contributed by atoms with Crippen LogP contribution in [0.25, 0.3) is 0 Å². The highest BCUT2D eigenvalue weighted by atomic mass is 32.2. The Balaban J connectivity index is 3.23. The van der Waals surface area contributed by atoms with Gasteiger partial charge in [0.25, 0.3) is 0 Å². The molecule has 1 aromatic rings.